The smallest absolute Gasteiger partial charge is 0.236 e. The first-order valence-electron chi connectivity index (χ1n) is 11.9. The van der Waals surface area contributed by atoms with E-state index in [4.69, 9.17) is 4.99 Å². The number of nitrogens with one attached hydrogen (secondary N) is 1. The molecule has 1 aromatic carbocycles. The van der Waals surface area contributed by atoms with Gasteiger partial charge in [-0.3, -0.25) is 9.69 Å². The van der Waals surface area contributed by atoms with Crippen LogP contribution in [0.2, 0.25) is 0 Å². The van der Waals surface area contributed by atoms with E-state index < -0.39 is 5.60 Å². The number of piperazine rings is 1. The second-order valence-corrected chi connectivity index (χ2v) is 9.06. The number of carbonyl (C=O) groups is 1. The van der Waals surface area contributed by atoms with Gasteiger partial charge in [0.1, 0.15) is 5.60 Å². The fourth-order valence-electron chi connectivity index (χ4n) is 5.02. The standard InChI is InChI=1S/C24H37N5O2.HI/c1-2-25-23(26-19-24(31)11-10-20-8-4-5-9-21(20)24)29-16-14-27(15-17-29)18-22(30)28-12-6-3-7-13-28;/h4-5,8-9,31H,2-3,6-7,10-19H2,1H3,(H,25,26);1H. The van der Waals surface area contributed by atoms with Crippen molar-refractivity contribution in [3.63, 3.8) is 0 Å². The predicted molar refractivity (Wildman–Crippen MR) is 138 cm³/mol. The van der Waals surface area contributed by atoms with Gasteiger partial charge in [0.05, 0.1) is 13.1 Å². The number of rotatable bonds is 5. The van der Waals surface area contributed by atoms with Gasteiger partial charge in [0.15, 0.2) is 5.96 Å². The van der Waals surface area contributed by atoms with Crippen LogP contribution >= 0.6 is 24.0 Å². The summed E-state index contributed by atoms with van der Waals surface area (Å²) in [4.78, 5) is 24.0. The summed E-state index contributed by atoms with van der Waals surface area (Å²) >= 11 is 0. The number of aliphatic hydroxyl groups is 1. The highest BCUT2D eigenvalue weighted by Gasteiger charge is 2.36. The van der Waals surface area contributed by atoms with Crippen molar-refractivity contribution in [2.45, 2.75) is 44.6 Å². The van der Waals surface area contributed by atoms with Crippen molar-refractivity contribution in [2.75, 3.05) is 58.9 Å². The Morgan fingerprint density at radius 3 is 2.50 bits per heavy atom. The van der Waals surface area contributed by atoms with Gasteiger partial charge in [0.2, 0.25) is 5.91 Å². The summed E-state index contributed by atoms with van der Waals surface area (Å²) in [7, 11) is 0. The Labute approximate surface area is 209 Å². The lowest BCUT2D eigenvalue weighted by atomic mass is 9.96. The molecule has 32 heavy (non-hydrogen) atoms. The lowest BCUT2D eigenvalue weighted by Gasteiger charge is -2.37. The lowest BCUT2D eigenvalue weighted by Crippen LogP contribution is -2.54. The summed E-state index contributed by atoms with van der Waals surface area (Å²) in [5.41, 5.74) is 1.38. The number of nitrogens with zero attached hydrogens (tertiary/aromatic N) is 4. The molecule has 7 nitrogen and oxygen atoms in total. The van der Waals surface area contributed by atoms with Crippen LogP contribution in [0.1, 0.15) is 43.7 Å². The molecule has 0 bridgehead atoms. The maximum atomic E-state index is 12.6. The van der Waals surface area contributed by atoms with Gasteiger partial charge in [-0.05, 0) is 50.2 Å². The van der Waals surface area contributed by atoms with Crippen molar-refractivity contribution < 1.29 is 9.90 Å². The van der Waals surface area contributed by atoms with Crippen molar-refractivity contribution in [3.8, 4) is 0 Å². The van der Waals surface area contributed by atoms with E-state index in [1.807, 2.05) is 23.1 Å². The van der Waals surface area contributed by atoms with E-state index in [1.54, 1.807) is 0 Å². The first kappa shape index (κ1) is 25.2. The number of aryl methyl sites for hydroxylation is 1. The number of amides is 1. The zero-order valence-corrected chi connectivity index (χ0v) is 21.6. The van der Waals surface area contributed by atoms with Crippen LogP contribution in [0.5, 0.6) is 0 Å². The number of guanidine groups is 1. The van der Waals surface area contributed by atoms with Gasteiger partial charge in [-0.25, -0.2) is 4.99 Å². The molecule has 178 valence electrons. The van der Waals surface area contributed by atoms with E-state index in [2.05, 4.69) is 28.1 Å². The molecule has 2 aliphatic heterocycles. The maximum Gasteiger partial charge on any atom is 0.236 e. The molecule has 0 radical (unpaired) electrons. The average Bonchev–Trinajstić information content (AvgIpc) is 3.15. The summed E-state index contributed by atoms with van der Waals surface area (Å²) in [5.74, 6) is 1.14. The van der Waals surface area contributed by atoms with Crippen molar-refractivity contribution in [2.24, 2.45) is 4.99 Å². The summed E-state index contributed by atoms with van der Waals surface area (Å²) in [6.45, 7) is 9.00. The van der Waals surface area contributed by atoms with Crippen molar-refractivity contribution in [1.82, 2.24) is 20.0 Å². The topological polar surface area (TPSA) is 71.4 Å². The van der Waals surface area contributed by atoms with Crippen LogP contribution in [0.4, 0.5) is 0 Å². The van der Waals surface area contributed by atoms with Gasteiger partial charge in [-0.1, -0.05) is 24.3 Å². The third kappa shape index (κ3) is 5.94. The Balaban J connectivity index is 0.00000289. The van der Waals surface area contributed by atoms with Crippen LogP contribution in [0.15, 0.2) is 29.3 Å². The van der Waals surface area contributed by atoms with E-state index >= 15 is 0 Å². The van der Waals surface area contributed by atoms with Gasteiger partial charge in [-0.15, -0.1) is 24.0 Å². The molecule has 2 heterocycles. The molecule has 0 aromatic heterocycles. The quantitative estimate of drug-likeness (QED) is 0.331. The second-order valence-electron chi connectivity index (χ2n) is 9.06. The van der Waals surface area contributed by atoms with Crippen molar-refractivity contribution >= 4 is 35.8 Å². The number of benzene rings is 1. The third-order valence-electron chi connectivity index (χ3n) is 6.89. The number of hydrogen-bond donors (Lipinski definition) is 2. The first-order chi connectivity index (χ1) is 15.1. The van der Waals surface area contributed by atoms with Crippen molar-refractivity contribution in [1.29, 1.82) is 0 Å². The Morgan fingerprint density at radius 2 is 1.78 bits per heavy atom. The third-order valence-corrected chi connectivity index (χ3v) is 6.89. The number of piperidine rings is 1. The van der Waals surface area contributed by atoms with Gasteiger partial charge in [-0.2, -0.15) is 0 Å². The van der Waals surface area contributed by atoms with Gasteiger partial charge < -0.3 is 20.2 Å². The molecule has 1 aromatic rings. The number of aliphatic imine (C=N–C) groups is 1. The van der Waals surface area contributed by atoms with Crippen LogP contribution in [0, 0.1) is 0 Å². The molecule has 2 N–H and O–H groups in total. The molecule has 4 rings (SSSR count). The van der Waals surface area contributed by atoms with Crippen LogP contribution in [0.25, 0.3) is 0 Å². The Kier molecular flexibility index (Phi) is 9.19. The number of hydrogen-bond acceptors (Lipinski definition) is 4. The van der Waals surface area contributed by atoms with Crippen LogP contribution in [-0.2, 0) is 16.8 Å². The first-order valence-corrected chi connectivity index (χ1v) is 11.9. The molecule has 0 spiro atoms. The SMILES string of the molecule is CCNC(=NCC1(O)CCc2ccccc21)N1CCN(CC(=O)N2CCCCC2)CC1.I. The second kappa shape index (κ2) is 11.7. The predicted octanol–water partition coefficient (Wildman–Crippen LogP) is 2.03. The van der Waals surface area contributed by atoms with Crippen molar-refractivity contribution in [3.05, 3.63) is 35.4 Å². The van der Waals surface area contributed by atoms with Crippen LogP contribution < -0.4 is 5.32 Å². The molecule has 1 atom stereocenters. The normalized spacial score (nSPS) is 24.1. The fraction of sp³-hybridized carbons (Fsp3) is 0.667. The van der Waals surface area contributed by atoms with E-state index in [-0.39, 0.29) is 29.9 Å². The van der Waals surface area contributed by atoms with Gasteiger partial charge in [0, 0.05) is 45.8 Å². The summed E-state index contributed by atoms with van der Waals surface area (Å²) in [5, 5.41) is 14.6. The molecule has 1 amide bonds. The van der Waals surface area contributed by atoms with Crippen LogP contribution in [0.3, 0.4) is 0 Å². The monoisotopic (exact) mass is 555 g/mol. The van der Waals surface area contributed by atoms with E-state index in [0.717, 1.165) is 83.0 Å². The van der Waals surface area contributed by atoms with E-state index in [0.29, 0.717) is 13.1 Å². The molecule has 1 unspecified atom stereocenters. The molecule has 2 fully saturated rings. The molecular formula is C24H38IN5O2. The fourth-order valence-corrected chi connectivity index (χ4v) is 5.02. The summed E-state index contributed by atoms with van der Waals surface area (Å²) in [6, 6.07) is 8.16. The largest absolute Gasteiger partial charge is 0.383 e. The van der Waals surface area contributed by atoms with Crippen LogP contribution in [-0.4, -0.2) is 90.6 Å². The highest BCUT2D eigenvalue weighted by Crippen LogP contribution is 2.36. The average molecular weight is 556 g/mol. The molecular weight excluding hydrogens is 517 g/mol. The molecule has 3 aliphatic rings. The molecule has 8 heteroatoms. The maximum absolute atomic E-state index is 12.6. The zero-order chi connectivity index (χ0) is 21.7. The Bertz CT molecular complexity index is 790. The van der Waals surface area contributed by atoms with Gasteiger partial charge in [0.25, 0.3) is 0 Å². The van der Waals surface area contributed by atoms with Gasteiger partial charge >= 0.3 is 0 Å². The zero-order valence-electron chi connectivity index (χ0n) is 19.3. The number of halogens is 1. The minimum Gasteiger partial charge on any atom is -0.383 e. The molecule has 0 saturated carbocycles. The Hall–Kier alpha value is -1.39. The molecule has 2 saturated heterocycles. The lowest BCUT2D eigenvalue weighted by molar-refractivity contribution is -0.133. The van der Waals surface area contributed by atoms with E-state index in [1.165, 1.54) is 12.0 Å². The molecule has 1 aliphatic carbocycles. The highest BCUT2D eigenvalue weighted by molar-refractivity contribution is 14.0. The Morgan fingerprint density at radius 1 is 1.06 bits per heavy atom. The number of likely N-dealkylation sites (tertiary alicyclic amines) is 1. The summed E-state index contributed by atoms with van der Waals surface area (Å²) < 4.78 is 0. The highest BCUT2D eigenvalue weighted by atomic mass is 127. The summed E-state index contributed by atoms with van der Waals surface area (Å²) in [6.07, 6.45) is 5.15. The number of fused-ring (bicyclic) bond motifs is 1. The minimum atomic E-state index is -0.875. The minimum absolute atomic E-state index is 0. The number of carbonyl (C=O) groups excluding carboxylic acids is 1. The van der Waals surface area contributed by atoms with E-state index in [9.17, 15) is 9.90 Å².